The average Bonchev–Trinajstić information content (AvgIpc) is 3.24. The minimum Gasteiger partial charge on any atom is -0.466 e. The van der Waals surface area contributed by atoms with Gasteiger partial charge in [0, 0.05) is 0 Å². The van der Waals surface area contributed by atoms with Gasteiger partial charge in [-0.3, -0.25) is 0 Å². The molecule has 14 heteroatoms. The molecule has 0 aliphatic carbocycles. The van der Waals surface area contributed by atoms with Gasteiger partial charge in [-0.15, -0.1) is 0 Å². The Bertz CT molecular complexity index is 631. The highest BCUT2D eigenvalue weighted by Crippen LogP contribution is 2.26. The van der Waals surface area contributed by atoms with Crippen molar-refractivity contribution < 1.29 is 66.7 Å². The van der Waals surface area contributed by atoms with Crippen LogP contribution in [-0.4, -0.2) is 82.3 Å². The van der Waals surface area contributed by atoms with Crippen LogP contribution in [0, 0.1) is 0 Å². The summed E-state index contributed by atoms with van der Waals surface area (Å²) in [5.41, 5.74) is 0. The normalized spacial score (nSPS) is 13.6. The predicted octanol–water partition coefficient (Wildman–Crippen LogP) is -2.28. The minimum atomic E-state index is -3.05. The fourth-order valence-corrected chi connectivity index (χ4v) is 1.73. The summed E-state index contributed by atoms with van der Waals surface area (Å²) in [7, 11) is 3.55. The van der Waals surface area contributed by atoms with Crippen molar-refractivity contribution in [2.75, 3.05) is 28.4 Å². The van der Waals surface area contributed by atoms with E-state index in [2.05, 4.69) is 28.4 Å². The Morgan fingerprint density at radius 3 is 1.14 bits per heavy atom. The molecule has 1 heterocycles. The molecule has 1 aliphatic heterocycles. The summed E-state index contributed by atoms with van der Waals surface area (Å²) < 4.78 is 35.9. The van der Waals surface area contributed by atoms with E-state index < -0.39 is 53.8 Å². The molecule has 1 rings (SSSR count). The maximum Gasteiger partial charge on any atom is 0.452 e. The first kappa shape index (κ1) is 23.2. The van der Waals surface area contributed by atoms with Crippen LogP contribution >= 0.6 is 0 Å². The molecule has 0 spiro atoms. The Morgan fingerprint density at radius 2 is 0.897 bits per heavy atom. The van der Waals surface area contributed by atoms with Crippen LogP contribution in [-0.2, 0) is 66.7 Å². The molecule has 14 nitrogen and oxygen atoms in total. The van der Waals surface area contributed by atoms with E-state index in [0.717, 1.165) is 41.0 Å². The third-order valence-electron chi connectivity index (χ3n) is 3.17. The van der Waals surface area contributed by atoms with E-state index in [1.165, 1.54) is 0 Å². The molecule has 0 unspecified atom stereocenters. The summed E-state index contributed by atoms with van der Waals surface area (Å²) in [6.45, 7) is 0. The standard InChI is InChI=1S/C15H16O14/c1-22-9(16)7(10(17)23-2)28-13(20)15(26-5-6-27-15)14(21)29-8(11(18)24-3)12(19)25-4/h5-8H,1-4H3. The Kier molecular flexibility index (Phi) is 7.93. The number of carbonyl (C=O) groups is 6. The molecular weight excluding hydrogens is 404 g/mol. The number of methoxy groups -OCH3 is 4. The molecule has 0 atom stereocenters. The van der Waals surface area contributed by atoms with Gasteiger partial charge in [0.15, 0.2) is 0 Å². The zero-order valence-corrected chi connectivity index (χ0v) is 15.5. The summed E-state index contributed by atoms with van der Waals surface area (Å²) in [5.74, 6) is -12.0. The zero-order valence-electron chi connectivity index (χ0n) is 15.5. The number of carbonyl (C=O) groups excluding carboxylic acids is 6. The smallest absolute Gasteiger partial charge is 0.452 e. The first-order valence-corrected chi connectivity index (χ1v) is 7.42. The zero-order chi connectivity index (χ0) is 22.2. The highest BCUT2D eigenvalue weighted by Gasteiger charge is 2.59. The second kappa shape index (κ2) is 9.91. The molecule has 0 aromatic rings. The number of hydrogen-bond donors (Lipinski definition) is 0. The van der Waals surface area contributed by atoms with Crippen molar-refractivity contribution in [2.45, 2.75) is 18.0 Å². The molecule has 0 aromatic heterocycles. The van der Waals surface area contributed by atoms with E-state index in [1.807, 2.05) is 0 Å². The van der Waals surface area contributed by atoms with Crippen LogP contribution in [0.2, 0.25) is 0 Å². The number of rotatable bonds is 8. The van der Waals surface area contributed by atoms with Crippen molar-refractivity contribution in [3.05, 3.63) is 12.5 Å². The van der Waals surface area contributed by atoms with E-state index in [4.69, 9.17) is 9.47 Å². The number of ether oxygens (including phenoxy) is 8. The van der Waals surface area contributed by atoms with Gasteiger partial charge in [0.05, 0.1) is 28.4 Å². The van der Waals surface area contributed by atoms with Crippen LogP contribution in [0.1, 0.15) is 0 Å². The topological polar surface area (TPSA) is 176 Å². The van der Waals surface area contributed by atoms with Crippen LogP contribution in [0.25, 0.3) is 0 Å². The highest BCUT2D eigenvalue weighted by molar-refractivity contribution is 6.08. The van der Waals surface area contributed by atoms with Crippen LogP contribution in [0.3, 0.4) is 0 Å². The van der Waals surface area contributed by atoms with Crippen molar-refractivity contribution >= 4 is 35.8 Å². The lowest BCUT2D eigenvalue weighted by Gasteiger charge is -2.25. The third kappa shape index (κ3) is 4.91. The fraction of sp³-hybridized carbons (Fsp3) is 0.467. The van der Waals surface area contributed by atoms with Gasteiger partial charge in [-0.2, -0.15) is 0 Å². The molecule has 0 saturated heterocycles. The Hall–Kier alpha value is -3.84. The van der Waals surface area contributed by atoms with Gasteiger partial charge >= 0.3 is 41.6 Å². The highest BCUT2D eigenvalue weighted by atomic mass is 16.8. The largest absolute Gasteiger partial charge is 0.466 e. The molecule has 0 fully saturated rings. The second-order valence-corrected chi connectivity index (χ2v) is 4.79. The SMILES string of the molecule is COC(=O)C(OC(=O)C1(C(=O)OC(C(=O)OC)C(=O)OC)OC=CO1)C(=O)OC. The second-order valence-electron chi connectivity index (χ2n) is 4.79. The van der Waals surface area contributed by atoms with Gasteiger partial charge in [-0.05, 0) is 0 Å². The van der Waals surface area contributed by atoms with E-state index in [9.17, 15) is 28.8 Å². The molecule has 0 amide bonds. The average molecular weight is 420 g/mol. The first-order chi connectivity index (χ1) is 13.7. The number of esters is 6. The van der Waals surface area contributed by atoms with Crippen molar-refractivity contribution in [3.63, 3.8) is 0 Å². The van der Waals surface area contributed by atoms with Crippen LogP contribution in [0.15, 0.2) is 12.5 Å². The summed E-state index contributed by atoms with van der Waals surface area (Å²) >= 11 is 0. The first-order valence-electron chi connectivity index (χ1n) is 7.42. The lowest BCUT2D eigenvalue weighted by Crippen LogP contribution is -2.54. The molecular formula is C15H16O14. The van der Waals surface area contributed by atoms with Crippen molar-refractivity contribution in [3.8, 4) is 0 Å². The van der Waals surface area contributed by atoms with Gasteiger partial charge in [0.2, 0.25) is 0 Å². The fourth-order valence-electron chi connectivity index (χ4n) is 1.73. The minimum absolute atomic E-state index is 0.721. The molecule has 0 N–H and O–H groups in total. The predicted molar refractivity (Wildman–Crippen MR) is 81.9 cm³/mol. The van der Waals surface area contributed by atoms with E-state index in [-0.39, 0.29) is 0 Å². The summed E-state index contributed by atoms with van der Waals surface area (Å²) in [4.78, 5) is 71.5. The van der Waals surface area contributed by atoms with Gasteiger partial charge in [0.1, 0.15) is 12.5 Å². The summed E-state index contributed by atoms with van der Waals surface area (Å²) in [5, 5.41) is 0. The summed E-state index contributed by atoms with van der Waals surface area (Å²) in [6, 6.07) is 0. The van der Waals surface area contributed by atoms with E-state index in [0.29, 0.717) is 0 Å². The van der Waals surface area contributed by atoms with Gasteiger partial charge in [-0.1, -0.05) is 0 Å². The Balaban J connectivity index is 3.14. The van der Waals surface area contributed by atoms with Crippen LogP contribution < -0.4 is 0 Å². The summed E-state index contributed by atoms with van der Waals surface area (Å²) in [6.07, 6.45) is -3.04. The third-order valence-corrected chi connectivity index (χ3v) is 3.17. The number of hydrogen-bond acceptors (Lipinski definition) is 14. The molecule has 0 radical (unpaired) electrons. The van der Waals surface area contributed by atoms with E-state index in [1.54, 1.807) is 0 Å². The van der Waals surface area contributed by atoms with Crippen LogP contribution in [0.5, 0.6) is 0 Å². The van der Waals surface area contributed by atoms with Gasteiger partial charge in [-0.25, -0.2) is 28.8 Å². The quantitative estimate of drug-likeness (QED) is 0.233. The molecule has 29 heavy (non-hydrogen) atoms. The van der Waals surface area contributed by atoms with E-state index >= 15 is 0 Å². The lowest BCUT2D eigenvalue weighted by molar-refractivity contribution is -0.227. The maximum absolute atomic E-state index is 12.5. The van der Waals surface area contributed by atoms with Crippen molar-refractivity contribution in [2.24, 2.45) is 0 Å². The molecule has 160 valence electrons. The Labute approximate surface area is 162 Å². The maximum atomic E-state index is 12.5. The van der Waals surface area contributed by atoms with Gasteiger partial charge in [0.25, 0.3) is 12.2 Å². The molecule has 0 aromatic carbocycles. The van der Waals surface area contributed by atoms with Crippen molar-refractivity contribution in [1.82, 2.24) is 0 Å². The van der Waals surface area contributed by atoms with Crippen LogP contribution in [0.4, 0.5) is 0 Å². The monoisotopic (exact) mass is 420 g/mol. The lowest BCUT2D eigenvalue weighted by atomic mass is 10.2. The van der Waals surface area contributed by atoms with Gasteiger partial charge < -0.3 is 37.9 Å². The Morgan fingerprint density at radius 1 is 0.621 bits per heavy atom. The molecule has 1 aliphatic rings. The molecule has 0 saturated carbocycles. The molecule has 0 bridgehead atoms. The van der Waals surface area contributed by atoms with Crippen molar-refractivity contribution in [1.29, 1.82) is 0 Å².